The number of para-hydroxylation sites is 2. The van der Waals surface area contributed by atoms with Gasteiger partial charge in [0, 0.05) is 23.0 Å². The number of fused-ring (bicyclic) bond motifs is 2. The Kier molecular flexibility index (Phi) is 5.12. The lowest BCUT2D eigenvalue weighted by molar-refractivity contribution is 0.778. The lowest BCUT2D eigenvalue weighted by Gasteiger charge is -2.23. The first kappa shape index (κ1) is 20.5. The molecule has 0 spiro atoms. The van der Waals surface area contributed by atoms with Crippen LogP contribution < -0.4 is 10.9 Å². The van der Waals surface area contributed by atoms with Crippen LogP contribution in [-0.4, -0.2) is 9.55 Å². The van der Waals surface area contributed by atoms with E-state index in [0.717, 1.165) is 33.2 Å². The molecule has 5 rings (SSSR count). The van der Waals surface area contributed by atoms with E-state index < -0.39 is 0 Å². The Morgan fingerprint density at radius 1 is 1.00 bits per heavy atom. The topological polar surface area (TPSA) is 70.7 Å². The second-order valence-corrected chi connectivity index (χ2v) is 8.13. The number of hydrogen-bond donors (Lipinski definition) is 1. The molecule has 0 aliphatic rings. The van der Waals surface area contributed by atoms with Crippen LogP contribution in [0, 0.1) is 18.3 Å². The maximum Gasteiger partial charge on any atom is 0.263 e. The van der Waals surface area contributed by atoms with Gasteiger partial charge in [0.25, 0.3) is 5.56 Å². The van der Waals surface area contributed by atoms with Crippen molar-refractivity contribution in [1.29, 1.82) is 5.26 Å². The first-order valence-corrected chi connectivity index (χ1v) is 10.8. The third kappa shape index (κ3) is 3.52. The molecule has 0 aliphatic carbocycles. The fourth-order valence-electron chi connectivity index (χ4n) is 4.39. The molecular weight excluding hydrogens is 408 g/mol. The molecule has 0 fully saturated rings. The summed E-state index contributed by atoms with van der Waals surface area (Å²) < 4.78 is 1.77. The molecule has 0 radical (unpaired) electrons. The quantitative estimate of drug-likeness (QED) is 0.386. The van der Waals surface area contributed by atoms with Gasteiger partial charge in [0.1, 0.15) is 6.07 Å². The summed E-state index contributed by atoms with van der Waals surface area (Å²) in [6.07, 6.45) is 1.59. The lowest BCUT2D eigenvalue weighted by Crippen LogP contribution is -2.26. The second-order valence-electron chi connectivity index (χ2n) is 8.13. The number of aryl methyl sites for hydroxylation is 1. The van der Waals surface area contributed by atoms with Gasteiger partial charge in [-0.3, -0.25) is 14.3 Å². The van der Waals surface area contributed by atoms with Gasteiger partial charge in [-0.2, -0.15) is 5.26 Å². The van der Waals surface area contributed by atoms with Crippen molar-refractivity contribution < 1.29 is 0 Å². The molecule has 5 nitrogen and oxygen atoms in total. The average Bonchev–Trinajstić information content (AvgIpc) is 2.84. The number of pyridine rings is 2. The minimum absolute atomic E-state index is 0.0551. The van der Waals surface area contributed by atoms with Crippen molar-refractivity contribution in [3.05, 3.63) is 112 Å². The van der Waals surface area contributed by atoms with Gasteiger partial charge in [-0.05, 0) is 49.1 Å². The van der Waals surface area contributed by atoms with Gasteiger partial charge < -0.3 is 5.32 Å². The zero-order valence-corrected chi connectivity index (χ0v) is 18.4. The Labute approximate surface area is 191 Å². The molecule has 0 aliphatic heterocycles. The van der Waals surface area contributed by atoms with Crippen LogP contribution in [0.15, 0.2) is 89.9 Å². The number of nitrogens with zero attached hydrogens (tertiary/aromatic N) is 3. The third-order valence-electron chi connectivity index (χ3n) is 6.00. The van der Waals surface area contributed by atoms with Gasteiger partial charge in [0.05, 0.1) is 28.2 Å². The van der Waals surface area contributed by atoms with Gasteiger partial charge in [0.15, 0.2) is 0 Å². The summed E-state index contributed by atoms with van der Waals surface area (Å²) >= 11 is 0. The first-order chi connectivity index (χ1) is 16.1. The number of nitriles is 1. The zero-order chi connectivity index (χ0) is 22.9. The van der Waals surface area contributed by atoms with Crippen LogP contribution in [0.5, 0.6) is 0 Å². The van der Waals surface area contributed by atoms with Gasteiger partial charge >= 0.3 is 0 Å². The highest BCUT2D eigenvalue weighted by Crippen LogP contribution is 2.30. The van der Waals surface area contributed by atoms with E-state index in [1.54, 1.807) is 10.8 Å². The molecule has 1 atom stereocenters. The van der Waals surface area contributed by atoms with E-state index in [2.05, 4.69) is 22.4 Å². The molecule has 1 N–H and O–H groups in total. The number of benzene rings is 3. The van der Waals surface area contributed by atoms with E-state index in [9.17, 15) is 10.1 Å². The predicted molar refractivity (Wildman–Crippen MR) is 133 cm³/mol. The van der Waals surface area contributed by atoms with Crippen molar-refractivity contribution in [2.24, 2.45) is 0 Å². The Balaban J connectivity index is 1.74. The predicted octanol–water partition coefficient (Wildman–Crippen LogP) is 5.89. The molecule has 33 heavy (non-hydrogen) atoms. The van der Waals surface area contributed by atoms with Crippen LogP contribution in [0.2, 0.25) is 0 Å². The van der Waals surface area contributed by atoms with Crippen molar-refractivity contribution >= 4 is 27.4 Å². The van der Waals surface area contributed by atoms with Gasteiger partial charge in [-0.25, -0.2) is 0 Å². The van der Waals surface area contributed by atoms with Crippen LogP contribution in [0.25, 0.3) is 27.4 Å². The molecule has 3 aromatic carbocycles. The van der Waals surface area contributed by atoms with Crippen LogP contribution >= 0.6 is 0 Å². The zero-order valence-electron chi connectivity index (χ0n) is 18.4. The molecule has 160 valence electrons. The van der Waals surface area contributed by atoms with Gasteiger partial charge in [0.2, 0.25) is 0 Å². The summed E-state index contributed by atoms with van der Waals surface area (Å²) in [4.78, 5) is 18.1. The van der Waals surface area contributed by atoms with Crippen LogP contribution in [0.3, 0.4) is 0 Å². The normalized spacial score (nSPS) is 11.9. The molecule has 0 bridgehead atoms. The van der Waals surface area contributed by atoms with Crippen LogP contribution in [0.1, 0.15) is 29.8 Å². The molecule has 0 saturated carbocycles. The number of hydrogen-bond acceptors (Lipinski definition) is 4. The molecule has 5 aromatic rings. The highest BCUT2D eigenvalue weighted by atomic mass is 16.1. The summed E-state index contributed by atoms with van der Waals surface area (Å²) in [5.41, 5.74) is 4.49. The fraction of sp³-hybridized carbons (Fsp3) is 0.107. The van der Waals surface area contributed by atoms with Crippen molar-refractivity contribution in [3.63, 3.8) is 0 Å². The Hall–Kier alpha value is -4.43. The van der Waals surface area contributed by atoms with Crippen molar-refractivity contribution in [1.82, 2.24) is 9.55 Å². The first-order valence-electron chi connectivity index (χ1n) is 10.8. The molecule has 0 saturated heterocycles. The van der Waals surface area contributed by atoms with Crippen molar-refractivity contribution in [3.8, 4) is 11.8 Å². The Bertz CT molecular complexity index is 1600. The fourth-order valence-corrected chi connectivity index (χ4v) is 4.39. The summed E-state index contributed by atoms with van der Waals surface area (Å²) in [5.74, 6) is 0. The third-order valence-corrected chi connectivity index (χ3v) is 6.00. The second kappa shape index (κ2) is 8.25. The smallest absolute Gasteiger partial charge is 0.263 e. The largest absolute Gasteiger partial charge is 0.375 e. The molecular formula is C28H22N4O. The number of nitrogens with one attached hydrogen (secondary N) is 1. The monoisotopic (exact) mass is 430 g/mol. The van der Waals surface area contributed by atoms with Crippen molar-refractivity contribution in [2.45, 2.75) is 19.9 Å². The van der Waals surface area contributed by atoms with E-state index in [4.69, 9.17) is 0 Å². The van der Waals surface area contributed by atoms with Gasteiger partial charge in [-0.1, -0.05) is 54.6 Å². The number of anilines is 1. The molecule has 2 aromatic heterocycles. The number of aromatic nitrogens is 2. The highest BCUT2D eigenvalue weighted by Gasteiger charge is 2.19. The minimum Gasteiger partial charge on any atom is -0.375 e. The Morgan fingerprint density at radius 2 is 1.76 bits per heavy atom. The van der Waals surface area contributed by atoms with Crippen LogP contribution in [-0.2, 0) is 0 Å². The highest BCUT2D eigenvalue weighted by molar-refractivity contribution is 5.94. The minimum atomic E-state index is -0.263. The number of rotatable bonds is 4. The summed E-state index contributed by atoms with van der Waals surface area (Å²) in [6.45, 7) is 3.97. The average molecular weight is 431 g/mol. The standard InChI is InChI=1S/C28H22N4O/c1-18-9-8-10-20-15-25(32(28(33)26(18)20)22-11-4-3-5-12-22)19(2)31-27-21(16-29)17-30-24-14-7-6-13-23(24)27/h3-15,17,19H,1-2H3,(H,30,31)/t19-/m0/s1. The van der Waals surface area contributed by atoms with E-state index >= 15 is 0 Å². The van der Waals surface area contributed by atoms with E-state index in [1.165, 1.54) is 0 Å². The lowest BCUT2D eigenvalue weighted by atomic mass is 10.0. The Morgan fingerprint density at radius 3 is 2.55 bits per heavy atom. The summed E-state index contributed by atoms with van der Waals surface area (Å²) in [5, 5.41) is 15.7. The van der Waals surface area contributed by atoms with E-state index in [0.29, 0.717) is 16.6 Å². The van der Waals surface area contributed by atoms with E-state index in [1.807, 2.05) is 86.6 Å². The van der Waals surface area contributed by atoms with Crippen molar-refractivity contribution in [2.75, 3.05) is 5.32 Å². The summed E-state index contributed by atoms with van der Waals surface area (Å²) in [6, 6.07) is 27.3. The van der Waals surface area contributed by atoms with Crippen LogP contribution in [0.4, 0.5) is 5.69 Å². The van der Waals surface area contributed by atoms with E-state index in [-0.39, 0.29) is 11.6 Å². The molecule has 5 heteroatoms. The maximum absolute atomic E-state index is 13.7. The molecule has 0 unspecified atom stereocenters. The van der Waals surface area contributed by atoms with Gasteiger partial charge in [-0.15, -0.1) is 0 Å². The molecule has 0 amide bonds. The molecule has 2 heterocycles. The summed E-state index contributed by atoms with van der Waals surface area (Å²) in [7, 11) is 0. The SMILES string of the molecule is Cc1cccc2cc([C@H](C)Nc3c(C#N)cnc4ccccc34)n(-c3ccccc3)c(=O)c12. The maximum atomic E-state index is 13.7.